The minimum Gasteiger partial charge on any atom is -0.494 e. The lowest BCUT2D eigenvalue weighted by molar-refractivity contribution is -0.0969. The molecule has 1 saturated heterocycles. The van der Waals surface area contributed by atoms with E-state index in [9.17, 15) is 4.79 Å². The van der Waals surface area contributed by atoms with Gasteiger partial charge >= 0.3 is 0 Å². The Bertz CT molecular complexity index is 831. The van der Waals surface area contributed by atoms with Gasteiger partial charge in [-0.3, -0.25) is 9.78 Å². The molecule has 1 amide bonds. The molecule has 4 rings (SSSR count). The number of piperidine rings is 1. The number of hydrogen-bond acceptors (Lipinski definition) is 6. The van der Waals surface area contributed by atoms with Gasteiger partial charge in [-0.05, 0) is 37.8 Å². The molecule has 7 heteroatoms. The molecule has 0 atom stereocenters. The summed E-state index contributed by atoms with van der Waals surface area (Å²) in [6.07, 6.45) is 7.40. The number of carbonyl (C=O) groups is 1. The molecule has 136 valence electrons. The molecular weight excluding hydrogens is 332 g/mol. The Morgan fingerprint density at radius 3 is 2.88 bits per heavy atom. The van der Waals surface area contributed by atoms with Crippen LogP contribution in [-0.4, -0.2) is 52.6 Å². The highest BCUT2D eigenvalue weighted by atomic mass is 16.5. The Hall–Kier alpha value is -2.54. The fourth-order valence-electron chi connectivity index (χ4n) is 3.84. The first-order chi connectivity index (χ1) is 12.6. The topological polar surface area (TPSA) is 77.4 Å². The molecule has 4 heterocycles. The Labute approximate surface area is 152 Å². The van der Waals surface area contributed by atoms with Crippen LogP contribution in [0.4, 0.5) is 0 Å². The summed E-state index contributed by atoms with van der Waals surface area (Å²) in [4.78, 5) is 27.8. The van der Waals surface area contributed by atoms with Crippen LogP contribution in [-0.2, 0) is 16.8 Å². The predicted molar refractivity (Wildman–Crippen MR) is 94.0 cm³/mol. The van der Waals surface area contributed by atoms with Gasteiger partial charge in [0.1, 0.15) is 17.2 Å². The smallest absolute Gasteiger partial charge is 0.257 e. The molecule has 0 saturated carbocycles. The second-order valence-electron chi connectivity index (χ2n) is 6.75. The third-order valence-electron chi connectivity index (χ3n) is 5.26. The van der Waals surface area contributed by atoms with E-state index in [-0.39, 0.29) is 5.91 Å². The Balaban J connectivity index is 1.55. The van der Waals surface area contributed by atoms with E-state index >= 15 is 0 Å². The standard InChI is InChI=1S/C19H22N4O3/c1-13-21-11-14-4-10-26-19(17(14)22-13)5-8-23(9-6-19)18(24)15-3-7-20-12-16(15)25-2/h3,7,11-12H,4-6,8-10H2,1-2H3. The van der Waals surface area contributed by atoms with Crippen molar-refractivity contribution in [2.24, 2.45) is 0 Å². The van der Waals surface area contributed by atoms with E-state index in [1.807, 2.05) is 18.0 Å². The van der Waals surface area contributed by atoms with Crippen molar-refractivity contribution in [2.75, 3.05) is 26.8 Å². The van der Waals surface area contributed by atoms with Crippen molar-refractivity contribution in [3.63, 3.8) is 0 Å². The summed E-state index contributed by atoms with van der Waals surface area (Å²) in [5.74, 6) is 1.23. The second-order valence-corrected chi connectivity index (χ2v) is 6.75. The molecule has 0 radical (unpaired) electrons. The van der Waals surface area contributed by atoms with Crippen LogP contribution in [0.3, 0.4) is 0 Å². The maximum absolute atomic E-state index is 12.9. The zero-order valence-corrected chi connectivity index (χ0v) is 15.1. The molecule has 0 N–H and O–H groups in total. The van der Waals surface area contributed by atoms with Crippen LogP contribution in [0.25, 0.3) is 0 Å². The highest BCUT2D eigenvalue weighted by Gasteiger charge is 2.43. The Morgan fingerprint density at radius 1 is 1.31 bits per heavy atom. The average molecular weight is 354 g/mol. The number of aromatic nitrogens is 3. The maximum Gasteiger partial charge on any atom is 0.257 e. The molecule has 0 bridgehead atoms. The van der Waals surface area contributed by atoms with Gasteiger partial charge in [-0.2, -0.15) is 0 Å². The monoisotopic (exact) mass is 354 g/mol. The first-order valence-corrected chi connectivity index (χ1v) is 8.87. The van der Waals surface area contributed by atoms with Gasteiger partial charge in [0.15, 0.2) is 0 Å². The lowest BCUT2D eigenvalue weighted by Crippen LogP contribution is -2.49. The molecule has 2 aromatic heterocycles. The molecule has 0 aromatic carbocycles. The van der Waals surface area contributed by atoms with Gasteiger partial charge in [0.25, 0.3) is 5.91 Å². The predicted octanol–water partition coefficient (Wildman–Crippen LogP) is 1.89. The zero-order chi connectivity index (χ0) is 18.1. The van der Waals surface area contributed by atoms with Crippen LogP contribution in [0.1, 0.15) is 40.3 Å². The van der Waals surface area contributed by atoms with E-state index in [0.717, 1.165) is 36.3 Å². The van der Waals surface area contributed by atoms with Gasteiger partial charge in [0.2, 0.25) is 0 Å². The summed E-state index contributed by atoms with van der Waals surface area (Å²) >= 11 is 0. The first-order valence-electron chi connectivity index (χ1n) is 8.87. The van der Waals surface area contributed by atoms with E-state index in [1.165, 1.54) is 0 Å². The summed E-state index contributed by atoms with van der Waals surface area (Å²) < 4.78 is 11.5. The summed E-state index contributed by atoms with van der Waals surface area (Å²) in [7, 11) is 1.55. The number of aryl methyl sites for hydroxylation is 1. The molecule has 2 aliphatic heterocycles. The quantitative estimate of drug-likeness (QED) is 0.820. The van der Waals surface area contributed by atoms with Crippen molar-refractivity contribution < 1.29 is 14.3 Å². The van der Waals surface area contributed by atoms with Crippen molar-refractivity contribution in [2.45, 2.75) is 31.8 Å². The highest BCUT2D eigenvalue weighted by molar-refractivity contribution is 5.96. The van der Waals surface area contributed by atoms with Crippen LogP contribution in [0.15, 0.2) is 24.7 Å². The fraction of sp³-hybridized carbons (Fsp3) is 0.474. The van der Waals surface area contributed by atoms with Crippen LogP contribution < -0.4 is 4.74 Å². The van der Waals surface area contributed by atoms with Crippen molar-refractivity contribution in [1.82, 2.24) is 19.9 Å². The van der Waals surface area contributed by atoms with Crippen LogP contribution >= 0.6 is 0 Å². The van der Waals surface area contributed by atoms with E-state index in [1.54, 1.807) is 25.6 Å². The lowest BCUT2D eigenvalue weighted by atomic mass is 9.83. The van der Waals surface area contributed by atoms with Gasteiger partial charge < -0.3 is 14.4 Å². The number of likely N-dealkylation sites (tertiary alicyclic amines) is 1. The van der Waals surface area contributed by atoms with Crippen LogP contribution in [0, 0.1) is 6.92 Å². The number of hydrogen-bond donors (Lipinski definition) is 0. The Kier molecular flexibility index (Phi) is 4.32. The first kappa shape index (κ1) is 16.9. The third-order valence-corrected chi connectivity index (χ3v) is 5.26. The number of nitrogens with zero attached hydrogens (tertiary/aromatic N) is 4. The lowest BCUT2D eigenvalue weighted by Gasteiger charge is -2.44. The summed E-state index contributed by atoms with van der Waals surface area (Å²) in [5, 5.41) is 0. The van der Waals surface area contributed by atoms with Crippen LogP contribution in [0.2, 0.25) is 0 Å². The van der Waals surface area contributed by atoms with Gasteiger partial charge in [0, 0.05) is 25.5 Å². The van der Waals surface area contributed by atoms with Crippen molar-refractivity contribution in [3.8, 4) is 5.75 Å². The van der Waals surface area contributed by atoms with Crippen molar-refractivity contribution >= 4 is 5.91 Å². The number of ether oxygens (including phenoxy) is 2. The SMILES string of the molecule is COc1cnccc1C(=O)N1CCC2(CC1)OCCc1cnc(C)nc12. The molecule has 0 aliphatic carbocycles. The number of amides is 1. The van der Waals surface area contributed by atoms with Gasteiger partial charge in [0.05, 0.1) is 31.2 Å². The second kappa shape index (κ2) is 6.64. The molecule has 1 fully saturated rings. The van der Waals surface area contributed by atoms with E-state index in [2.05, 4.69) is 15.0 Å². The molecule has 2 aromatic rings. The molecule has 26 heavy (non-hydrogen) atoms. The molecular formula is C19H22N4O3. The number of pyridine rings is 1. The highest BCUT2D eigenvalue weighted by Crippen LogP contribution is 2.40. The average Bonchev–Trinajstić information content (AvgIpc) is 2.69. The molecule has 1 spiro atoms. The summed E-state index contributed by atoms with van der Waals surface area (Å²) in [5.41, 5.74) is 2.31. The number of rotatable bonds is 2. The normalized spacial score (nSPS) is 18.5. The third kappa shape index (κ3) is 2.82. The Morgan fingerprint density at radius 2 is 2.12 bits per heavy atom. The zero-order valence-electron chi connectivity index (χ0n) is 15.1. The minimum absolute atomic E-state index is 0.0333. The van der Waals surface area contributed by atoms with Crippen molar-refractivity contribution in [1.29, 1.82) is 0 Å². The van der Waals surface area contributed by atoms with E-state index in [0.29, 0.717) is 31.0 Å². The van der Waals surface area contributed by atoms with Crippen LogP contribution in [0.5, 0.6) is 5.75 Å². The van der Waals surface area contributed by atoms with Crippen molar-refractivity contribution in [3.05, 3.63) is 47.3 Å². The van der Waals surface area contributed by atoms with Gasteiger partial charge in [-0.25, -0.2) is 9.97 Å². The summed E-state index contributed by atoms with van der Waals surface area (Å²) in [6, 6.07) is 1.70. The molecule has 2 aliphatic rings. The maximum atomic E-state index is 12.9. The number of fused-ring (bicyclic) bond motifs is 2. The molecule has 7 nitrogen and oxygen atoms in total. The molecule has 0 unspecified atom stereocenters. The van der Waals surface area contributed by atoms with E-state index < -0.39 is 5.60 Å². The summed E-state index contributed by atoms with van der Waals surface area (Å²) in [6.45, 7) is 3.81. The number of carbonyl (C=O) groups excluding carboxylic acids is 1. The largest absolute Gasteiger partial charge is 0.494 e. The fourth-order valence-corrected chi connectivity index (χ4v) is 3.84. The van der Waals surface area contributed by atoms with Gasteiger partial charge in [-0.15, -0.1) is 0 Å². The number of methoxy groups -OCH3 is 1. The van der Waals surface area contributed by atoms with Gasteiger partial charge in [-0.1, -0.05) is 0 Å². The van der Waals surface area contributed by atoms with E-state index in [4.69, 9.17) is 9.47 Å². The minimum atomic E-state index is -0.402.